The summed E-state index contributed by atoms with van der Waals surface area (Å²) in [6.45, 7) is 6.71. The summed E-state index contributed by atoms with van der Waals surface area (Å²) in [7, 11) is -0.228. The normalized spacial score (nSPS) is 15.0. The zero-order valence-corrected chi connectivity index (χ0v) is 22.0. The number of aryl methyl sites for hydroxylation is 1. The first-order valence-electron chi connectivity index (χ1n) is 11.4. The van der Waals surface area contributed by atoms with E-state index < -0.39 is 10.0 Å². The molecule has 4 rings (SSSR count). The molecule has 3 aromatic rings. The van der Waals surface area contributed by atoms with Crippen molar-refractivity contribution in [1.29, 1.82) is 0 Å². The third-order valence-electron chi connectivity index (χ3n) is 6.04. The molecular weight excluding hydrogens is 502 g/mol. The minimum Gasteiger partial charge on any atom is -0.495 e. The molecule has 192 valence electrons. The van der Waals surface area contributed by atoms with Crippen LogP contribution >= 0.6 is 11.6 Å². The van der Waals surface area contributed by atoms with Gasteiger partial charge in [-0.2, -0.15) is 4.98 Å². The van der Waals surface area contributed by atoms with E-state index >= 15 is 0 Å². The predicted molar refractivity (Wildman–Crippen MR) is 142 cm³/mol. The number of anilines is 4. The molecule has 4 N–H and O–H groups in total. The van der Waals surface area contributed by atoms with Crippen molar-refractivity contribution in [2.24, 2.45) is 5.14 Å². The van der Waals surface area contributed by atoms with Crippen molar-refractivity contribution in [1.82, 2.24) is 19.8 Å². The Balaban J connectivity index is 1.59. The number of methoxy groups -OCH3 is 1. The largest absolute Gasteiger partial charge is 0.495 e. The minimum atomic E-state index is -3.96. The highest BCUT2D eigenvalue weighted by Gasteiger charge is 2.19. The van der Waals surface area contributed by atoms with E-state index in [1.54, 1.807) is 26.2 Å². The van der Waals surface area contributed by atoms with Crippen LogP contribution < -0.4 is 20.5 Å². The van der Waals surface area contributed by atoms with Gasteiger partial charge in [-0.25, -0.2) is 18.5 Å². The Morgan fingerprint density at radius 2 is 1.89 bits per heavy atom. The standard InChI is InChI=1S/C24H30ClN7O3S/c1-16-5-4-6-21(36(26,33)34)22(16)29-23-18(25)14-27-24(30-23)28-19-13-17(7-8-20(19)35-3)15-32-11-9-31(2)10-12-32/h4-8,13-14H,9-12,15H2,1-3H3,(H2,26,33,34)(H2,27,28,29,30). The van der Waals surface area contributed by atoms with Gasteiger partial charge in [0.15, 0.2) is 5.82 Å². The van der Waals surface area contributed by atoms with Gasteiger partial charge in [-0.05, 0) is 43.3 Å². The summed E-state index contributed by atoms with van der Waals surface area (Å²) in [5.41, 5.74) is 2.81. The molecule has 0 radical (unpaired) electrons. The Hall–Kier alpha value is -2.96. The highest BCUT2D eigenvalue weighted by Crippen LogP contribution is 2.32. The molecule has 1 aliphatic rings. The second-order valence-corrected chi connectivity index (χ2v) is 10.7. The molecule has 0 aliphatic carbocycles. The summed E-state index contributed by atoms with van der Waals surface area (Å²) in [5, 5.41) is 11.8. The number of ether oxygens (including phenoxy) is 1. The third-order valence-corrected chi connectivity index (χ3v) is 7.27. The molecule has 2 aromatic carbocycles. The number of rotatable bonds is 8. The molecule has 0 atom stereocenters. The smallest absolute Gasteiger partial charge is 0.240 e. The Morgan fingerprint density at radius 3 is 2.58 bits per heavy atom. The van der Waals surface area contributed by atoms with Gasteiger partial charge in [0, 0.05) is 32.7 Å². The number of nitrogens with one attached hydrogen (secondary N) is 2. The topological polar surface area (TPSA) is 126 Å². The number of halogens is 1. The number of nitrogens with zero attached hydrogens (tertiary/aromatic N) is 4. The van der Waals surface area contributed by atoms with Crippen LogP contribution in [0.5, 0.6) is 5.75 Å². The number of likely N-dealkylation sites (N-methyl/N-ethyl adjacent to an activating group) is 1. The van der Waals surface area contributed by atoms with Gasteiger partial charge in [-0.1, -0.05) is 29.8 Å². The first kappa shape index (κ1) is 26.1. The summed E-state index contributed by atoms with van der Waals surface area (Å²) in [6, 6.07) is 10.8. The molecule has 36 heavy (non-hydrogen) atoms. The number of primary sulfonamides is 1. The van der Waals surface area contributed by atoms with Crippen molar-refractivity contribution in [3.63, 3.8) is 0 Å². The van der Waals surface area contributed by atoms with E-state index in [2.05, 4.69) is 37.4 Å². The van der Waals surface area contributed by atoms with E-state index in [0.29, 0.717) is 22.7 Å². The van der Waals surface area contributed by atoms with E-state index in [-0.39, 0.29) is 21.7 Å². The van der Waals surface area contributed by atoms with Gasteiger partial charge in [0.2, 0.25) is 16.0 Å². The van der Waals surface area contributed by atoms with Crippen LogP contribution in [0.3, 0.4) is 0 Å². The molecule has 0 bridgehead atoms. The maximum absolute atomic E-state index is 12.1. The summed E-state index contributed by atoms with van der Waals surface area (Å²) in [6.07, 6.45) is 1.44. The molecule has 1 aromatic heterocycles. The van der Waals surface area contributed by atoms with E-state index in [4.69, 9.17) is 21.5 Å². The number of piperazine rings is 1. The average molecular weight is 532 g/mol. The Morgan fingerprint density at radius 1 is 1.14 bits per heavy atom. The van der Waals surface area contributed by atoms with Crippen LogP contribution in [0.25, 0.3) is 0 Å². The van der Waals surface area contributed by atoms with Crippen molar-refractivity contribution in [3.05, 3.63) is 58.7 Å². The second-order valence-electron chi connectivity index (χ2n) is 8.75. The van der Waals surface area contributed by atoms with Gasteiger partial charge in [-0.3, -0.25) is 4.90 Å². The average Bonchev–Trinajstić information content (AvgIpc) is 2.83. The Kier molecular flexibility index (Phi) is 7.96. The zero-order chi connectivity index (χ0) is 25.9. The number of para-hydroxylation sites is 1. The fraction of sp³-hybridized carbons (Fsp3) is 0.333. The van der Waals surface area contributed by atoms with Crippen LogP contribution in [-0.4, -0.2) is 68.5 Å². The number of sulfonamides is 1. The van der Waals surface area contributed by atoms with Crippen LogP contribution in [0.15, 0.2) is 47.5 Å². The van der Waals surface area contributed by atoms with Crippen molar-refractivity contribution >= 4 is 44.8 Å². The fourth-order valence-corrected chi connectivity index (χ4v) is 4.91. The van der Waals surface area contributed by atoms with Gasteiger partial charge < -0.3 is 20.3 Å². The molecular formula is C24H30ClN7O3S. The van der Waals surface area contributed by atoms with Crippen LogP contribution in [0, 0.1) is 6.92 Å². The van der Waals surface area contributed by atoms with Crippen LogP contribution in [0.1, 0.15) is 11.1 Å². The van der Waals surface area contributed by atoms with E-state index in [9.17, 15) is 8.42 Å². The lowest BCUT2D eigenvalue weighted by atomic mass is 10.1. The minimum absolute atomic E-state index is 0.0510. The van der Waals surface area contributed by atoms with E-state index in [0.717, 1.165) is 38.3 Å². The molecule has 1 saturated heterocycles. The van der Waals surface area contributed by atoms with Crippen molar-refractivity contribution in [3.8, 4) is 5.75 Å². The highest BCUT2D eigenvalue weighted by atomic mass is 35.5. The molecule has 0 unspecified atom stereocenters. The van der Waals surface area contributed by atoms with Crippen molar-refractivity contribution in [2.75, 3.05) is 51.0 Å². The summed E-state index contributed by atoms with van der Waals surface area (Å²) in [5.74, 6) is 1.14. The summed E-state index contributed by atoms with van der Waals surface area (Å²) < 4.78 is 29.7. The maximum Gasteiger partial charge on any atom is 0.240 e. The molecule has 1 fully saturated rings. The van der Waals surface area contributed by atoms with E-state index in [1.165, 1.54) is 12.3 Å². The van der Waals surface area contributed by atoms with Crippen molar-refractivity contribution in [2.45, 2.75) is 18.4 Å². The molecule has 10 nitrogen and oxygen atoms in total. The van der Waals surface area contributed by atoms with Gasteiger partial charge in [0.05, 0.1) is 24.7 Å². The van der Waals surface area contributed by atoms with Crippen molar-refractivity contribution < 1.29 is 13.2 Å². The lowest BCUT2D eigenvalue weighted by molar-refractivity contribution is 0.148. The van der Waals surface area contributed by atoms with Gasteiger partial charge in [0.25, 0.3) is 0 Å². The number of hydrogen-bond acceptors (Lipinski definition) is 9. The highest BCUT2D eigenvalue weighted by molar-refractivity contribution is 7.89. The monoisotopic (exact) mass is 531 g/mol. The number of benzene rings is 2. The Labute approximate surface area is 216 Å². The van der Waals surface area contributed by atoms with Gasteiger partial charge >= 0.3 is 0 Å². The fourth-order valence-electron chi connectivity index (χ4n) is 4.01. The summed E-state index contributed by atoms with van der Waals surface area (Å²) >= 11 is 6.34. The molecule has 0 saturated carbocycles. The predicted octanol–water partition coefficient (Wildman–Crippen LogP) is 3.33. The number of nitrogens with two attached hydrogens (primary N) is 1. The lowest BCUT2D eigenvalue weighted by Gasteiger charge is -2.32. The zero-order valence-electron chi connectivity index (χ0n) is 20.5. The molecule has 2 heterocycles. The Bertz CT molecular complexity index is 1350. The molecule has 12 heteroatoms. The third kappa shape index (κ3) is 6.23. The van der Waals surface area contributed by atoms with Crippen LogP contribution in [0.4, 0.5) is 23.1 Å². The van der Waals surface area contributed by atoms with Crippen LogP contribution in [-0.2, 0) is 16.6 Å². The van der Waals surface area contributed by atoms with Gasteiger partial charge in [-0.15, -0.1) is 0 Å². The molecule has 0 spiro atoms. The quantitative estimate of drug-likeness (QED) is 0.401. The van der Waals surface area contributed by atoms with Crippen LogP contribution in [0.2, 0.25) is 5.02 Å². The lowest BCUT2D eigenvalue weighted by Crippen LogP contribution is -2.43. The first-order chi connectivity index (χ1) is 17.1. The maximum atomic E-state index is 12.1. The number of hydrogen-bond donors (Lipinski definition) is 3. The van der Waals surface area contributed by atoms with E-state index in [1.807, 2.05) is 18.2 Å². The first-order valence-corrected chi connectivity index (χ1v) is 13.3. The SMILES string of the molecule is COc1ccc(CN2CCN(C)CC2)cc1Nc1ncc(Cl)c(Nc2c(C)cccc2S(N)(=O)=O)n1. The molecule has 1 aliphatic heterocycles. The molecule has 0 amide bonds. The second kappa shape index (κ2) is 11.0. The number of aromatic nitrogens is 2. The summed E-state index contributed by atoms with van der Waals surface area (Å²) in [4.78, 5) is 13.5. The van der Waals surface area contributed by atoms with Gasteiger partial charge in [0.1, 0.15) is 15.7 Å².